The molecule has 0 aliphatic carbocycles. The van der Waals surface area contributed by atoms with E-state index >= 15 is 0 Å². The Balaban J connectivity index is 1.62. The summed E-state index contributed by atoms with van der Waals surface area (Å²) in [4.78, 5) is 17.2. The van der Waals surface area contributed by atoms with E-state index in [1.54, 1.807) is 12.1 Å². The van der Waals surface area contributed by atoms with Crippen LogP contribution in [0.25, 0.3) is 33.5 Å². The number of anilines is 2. The van der Waals surface area contributed by atoms with Crippen molar-refractivity contribution < 1.29 is 0 Å². The molecule has 146 valence electrons. The minimum Gasteiger partial charge on any atom is -0.324 e. The van der Waals surface area contributed by atoms with Crippen molar-refractivity contribution in [3.05, 3.63) is 88.9 Å². The van der Waals surface area contributed by atoms with Crippen LogP contribution in [-0.2, 0) is 0 Å². The number of H-pyrrole nitrogens is 1. The van der Waals surface area contributed by atoms with E-state index < -0.39 is 0 Å². The molecule has 0 unspecified atom stereocenters. The highest BCUT2D eigenvalue weighted by atomic mass is 35.5. The van der Waals surface area contributed by atoms with Gasteiger partial charge in [-0.05, 0) is 36.4 Å². The lowest BCUT2D eigenvalue weighted by atomic mass is 10.1. The SMILES string of the molecule is Clc1ccc(-c2cc(-c3ccccc3)nc(Nc3nc4ccccc4[nH]3)n2)c(Cl)c1. The van der Waals surface area contributed by atoms with E-state index in [1.807, 2.05) is 66.7 Å². The van der Waals surface area contributed by atoms with E-state index in [-0.39, 0.29) is 0 Å². The quantitative estimate of drug-likeness (QED) is 0.330. The Morgan fingerprint density at radius 3 is 2.30 bits per heavy atom. The second-order valence-electron chi connectivity index (χ2n) is 6.68. The van der Waals surface area contributed by atoms with Crippen molar-refractivity contribution in [2.45, 2.75) is 0 Å². The summed E-state index contributed by atoms with van der Waals surface area (Å²) in [5, 5.41) is 4.28. The number of nitrogens with one attached hydrogen (secondary N) is 2. The van der Waals surface area contributed by atoms with Gasteiger partial charge in [0.2, 0.25) is 11.9 Å². The minimum absolute atomic E-state index is 0.413. The molecule has 5 rings (SSSR count). The Morgan fingerprint density at radius 1 is 0.733 bits per heavy atom. The van der Waals surface area contributed by atoms with Gasteiger partial charge < -0.3 is 4.98 Å². The number of rotatable bonds is 4. The third-order valence-corrected chi connectivity index (χ3v) is 5.17. The Morgan fingerprint density at radius 2 is 1.50 bits per heavy atom. The molecule has 0 saturated heterocycles. The maximum atomic E-state index is 6.44. The lowest BCUT2D eigenvalue weighted by Gasteiger charge is -2.10. The molecule has 2 N–H and O–H groups in total. The zero-order valence-electron chi connectivity index (χ0n) is 15.6. The number of benzene rings is 3. The van der Waals surface area contributed by atoms with Crippen LogP contribution >= 0.6 is 23.2 Å². The van der Waals surface area contributed by atoms with Crippen LogP contribution in [0.5, 0.6) is 0 Å². The molecule has 0 spiro atoms. The fraction of sp³-hybridized carbons (Fsp3) is 0. The molecule has 2 heterocycles. The van der Waals surface area contributed by atoms with E-state index in [4.69, 9.17) is 28.2 Å². The molecule has 0 bridgehead atoms. The number of aromatic amines is 1. The van der Waals surface area contributed by atoms with Gasteiger partial charge in [-0.1, -0.05) is 65.7 Å². The molecule has 0 aliphatic rings. The summed E-state index contributed by atoms with van der Waals surface area (Å²) in [6, 6.07) is 25.0. The summed E-state index contributed by atoms with van der Waals surface area (Å²) in [6.45, 7) is 0. The Labute approximate surface area is 182 Å². The van der Waals surface area contributed by atoms with Crippen LogP contribution in [0, 0.1) is 0 Å². The fourth-order valence-electron chi connectivity index (χ4n) is 3.21. The van der Waals surface area contributed by atoms with E-state index in [1.165, 1.54) is 0 Å². The normalized spacial score (nSPS) is 11.0. The number of hydrogen-bond acceptors (Lipinski definition) is 4. The molecule has 5 aromatic rings. The lowest BCUT2D eigenvalue weighted by Crippen LogP contribution is -2.01. The van der Waals surface area contributed by atoms with Crippen molar-refractivity contribution in [2.24, 2.45) is 0 Å². The number of para-hydroxylation sites is 2. The third-order valence-electron chi connectivity index (χ3n) is 4.62. The van der Waals surface area contributed by atoms with Gasteiger partial charge in [0.05, 0.1) is 27.4 Å². The minimum atomic E-state index is 0.413. The van der Waals surface area contributed by atoms with Crippen molar-refractivity contribution in [2.75, 3.05) is 5.32 Å². The Hall–Kier alpha value is -3.41. The highest BCUT2D eigenvalue weighted by Crippen LogP contribution is 2.32. The van der Waals surface area contributed by atoms with Crippen LogP contribution in [0.2, 0.25) is 10.0 Å². The molecule has 0 saturated carbocycles. The highest BCUT2D eigenvalue weighted by molar-refractivity contribution is 6.36. The van der Waals surface area contributed by atoms with E-state index in [2.05, 4.69) is 20.3 Å². The van der Waals surface area contributed by atoms with Crippen LogP contribution in [0.1, 0.15) is 0 Å². The largest absolute Gasteiger partial charge is 0.324 e. The van der Waals surface area contributed by atoms with E-state index in [9.17, 15) is 0 Å². The average molecular weight is 432 g/mol. The molecule has 0 fully saturated rings. The number of hydrogen-bond donors (Lipinski definition) is 2. The standard InChI is InChI=1S/C23H15Cl2N5/c24-15-10-11-16(17(25)12-15)21-13-20(14-6-2-1-3-7-14)28-23(29-21)30-22-26-18-8-4-5-9-19(18)27-22/h1-13H,(H2,26,27,28,29,30). The van der Waals surface area contributed by atoms with Crippen LogP contribution in [0.4, 0.5) is 11.9 Å². The predicted molar refractivity (Wildman–Crippen MR) is 122 cm³/mol. The summed E-state index contributed by atoms with van der Waals surface area (Å²) in [6.07, 6.45) is 0. The molecule has 0 amide bonds. The molecule has 7 heteroatoms. The monoisotopic (exact) mass is 431 g/mol. The van der Waals surface area contributed by atoms with Gasteiger partial charge in [-0.15, -0.1) is 0 Å². The van der Waals surface area contributed by atoms with Gasteiger partial charge in [0.15, 0.2) is 0 Å². The first-order valence-corrected chi connectivity index (χ1v) is 10.0. The topological polar surface area (TPSA) is 66.5 Å². The number of fused-ring (bicyclic) bond motifs is 1. The van der Waals surface area contributed by atoms with Crippen molar-refractivity contribution in [1.82, 2.24) is 19.9 Å². The summed E-state index contributed by atoms with van der Waals surface area (Å²) >= 11 is 12.5. The van der Waals surface area contributed by atoms with Gasteiger partial charge >= 0.3 is 0 Å². The number of aromatic nitrogens is 4. The van der Waals surface area contributed by atoms with Crippen LogP contribution in [0.15, 0.2) is 78.9 Å². The third kappa shape index (κ3) is 3.73. The van der Waals surface area contributed by atoms with Crippen LogP contribution < -0.4 is 5.32 Å². The second kappa shape index (κ2) is 7.78. The van der Waals surface area contributed by atoms with Crippen molar-refractivity contribution in [1.29, 1.82) is 0 Å². The fourth-order valence-corrected chi connectivity index (χ4v) is 3.72. The van der Waals surface area contributed by atoms with Gasteiger partial charge in [0, 0.05) is 16.1 Å². The maximum absolute atomic E-state index is 6.44. The van der Waals surface area contributed by atoms with Gasteiger partial charge in [-0.2, -0.15) is 0 Å². The smallest absolute Gasteiger partial charge is 0.230 e. The van der Waals surface area contributed by atoms with Crippen molar-refractivity contribution >= 4 is 46.1 Å². The molecule has 5 nitrogen and oxygen atoms in total. The van der Waals surface area contributed by atoms with Crippen molar-refractivity contribution in [3.63, 3.8) is 0 Å². The average Bonchev–Trinajstić information content (AvgIpc) is 3.16. The predicted octanol–water partition coefficient (Wildman–Crippen LogP) is 6.74. The van der Waals surface area contributed by atoms with Gasteiger partial charge in [0.1, 0.15) is 0 Å². The molecule has 2 aromatic heterocycles. The highest BCUT2D eigenvalue weighted by Gasteiger charge is 2.13. The first kappa shape index (κ1) is 18.6. The molecule has 3 aromatic carbocycles. The summed E-state index contributed by atoms with van der Waals surface area (Å²) in [5.74, 6) is 0.978. The van der Waals surface area contributed by atoms with Gasteiger partial charge in [-0.3, -0.25) is 5.32 Å². The van der Waals surface area contributed by atoms with E-state index in [0.717, 1.165) is 27.9 Å². The van der Waals surface area contributed by atoms with Gasteiger partial charge in [-0.25, -0.2) is 15.0 Å². The number of halogens is 2. The van der Waals surface area contributed by atoms with Crippen molar-refractivity contribution in [3.8, 4) is 22.5 Å². The number of imidazole rings is 1. The first-order chi connectivity index (χ1) is 14.7. The van der Waals surface area contributed by atoms with E-state index in [0.29, 0.717) is 27.6 Å². The summed E-state index contributed by atoms with van der Waals surface area (Å²) in [7, 11) is 0. The number of nitrogens with zero attached hydrogens (tertiary/aromatic N) is 3. The molecule has 0 atom stereocenters. The Kier molecular flexibility index (Phi) is 4.83. The zero-order valence-corrected chi connectivity index (χ0v) is 17.1. The lowest BCUT2D eigenvalue weighted by molar-refractivity contribution is 1.15. The Bertz CT molecular complexity index is 1320. The van der Waals surface area contributed by atoms with Crippen LogP contribution in [0.3, 0.4) is 0 Å². The molecular weight excluding hydrogens is 417 g/mol. The second-order valence-corrected chi connectivity index (χ2v) is 7.52. The molecule has 30 heavy (non-hydrogen) atoms. The first-order valence-electron chi connectivity index (χ1n) is 9.27. The summed E-state index contributed by atoms with van der Waals surface area (Å²) < 4.78 is 0. The summed E-state index contributed by atoms with van der Waals surface area (Å²) in [5.41, 5.74) is 4.99. The zero-order chi connectivity index (χ0) is 20.5. The van der Waals surface area contributed by atoms with Gasteiger partial charge in [0.25, 0.3) is 0 Å². The molecule has 0 radical (unpaired) electrons. The molecule has 0 aliphatic heterocycles. The van der Waals surface area contributed by atoms with Crippen LogP contribution in [-0.4, -0.2) is 19.9 Å². The maximum Gasteiger partial charge on any atom is 0.230 e. The molecular formula is C23H15Cl2N5.